The molecule has 0 heterocycles. The second kappa shape index (κ2) is 8.82. The Bertz CT molecular complexity index is 606. The van der Waals surface area contributed by atoms with Crippen molar-refractivity contribution in [1.82, 2.24) is 9.80 Å². The van der Waals surface area contributed by atoms with Crippen LogP contribution in [0.1, 0.15) is 32.1 Å². The van der Waals surface area contributed by atoms with E-state index in [0.29, 0.717) is 18.9 Å². The number of carbonyl (C=O) groups is 1. The lowest BCUT2D eigenvalue weighted by atomic mass is 9.81. The molecule has 1 aromatic carbocycles. The van der Waals surface area contributed by atoms with Crippen molar-refractivity contribution in [1.29, 1.82) is 5.26 Å². The van der Waals surface area contributed by atoms with Gasteiger partial charge >= 0.3 is 0 Å². The molecule has 1 aliphatic carbocycles. The summed E-state index contributed by atoms with van der Waals surface area (Å²) in [5, 5.41) is 9.58. The van der Waals surface area contributed by atoms with E-state index in [4.69, 9.17) is 4.74 Å². The van der Waals surface area contributed by atoms with Crippen molar-refractivity contribution in [2.24, 2.45) is 0 Å². The molecule has 0 N–H and O–H groups in total. The highest BCUT2D eigenvalue weighted by Crippen LogP contribution is 2.32. The summed E-state index contributed by atoms with van der Waals surface area (Å²) in [6, 6.07) is 8.23. The number of nitrogens with zero attached hydrogens (tertiary/aromatic N) is 3. The quantitative estimate of drug-likeness (QED) is 0.761. The van der Waals surface area contributed by atoms with Crippen molar-refractivity contribution in [3.8, 4) is 11.8 Å². The number of carbonyl (C=O) groups excluding carboxylic acids is 1. The van der Waals surface area contributed by atoms with E-state index >= 15 is 0 Å². The maximum atomic E-state index is 12.8. The molecule has 6 heteroatoms. The molecular weight excluding hydrogens is 321 g/mol. The van der Waals surface area contributed by atoms with Gasteiger partial charge in [0.15, 0.2) is 0 Å². The summed E-state index contributed by atoms with van der Waals surface area (Å²) in [7, 11) is 3.58. The number of rotatable bonds is 7. The molecule has 0 bridgehead atoms. The summed E-state index contributed by atoms with van der Waals surface area (Å²) in [5.41, 5.74) is -0.652. The van der Waals surface area contributed by atoms with E-state index in [2.05, 4.69) is 6.07 Å². The summed E-state index contributed by atoms with van der Waals surface area (Å²) in [4.78, 5) is 16.0. The summed E-state index contributed by atoms with van der Waals surface area (Å²) < 4.78 is 18.4. The van der Waals surface area contributed by atoms with Crippen molar-refractivity contribution in [3.63, 3.8) is 0 Å². The molecule has 1 amide bonds. The van der Waals surface area contributed by atoms with Crippen molar-refractivity contribution in [2.75, 3.05) is 33.8 Å². The third kappa shape index (κ3) is 5.17. The number of nitriles is 1. The van der Waals surface area contributed by atoms with Crippen LogP contribution in [0.3, 0.4) is 0 Å². The Kier molecular flexibility index (Phi) is 6.77. The Morgan fingerprint density at radius 3 is 2.48 bits per heavy atom. The zero-order chi connectivity index (χ0) is 18.3. The van der Waals surface area contributed by atoms with Gasteiger partial charge in [0.2, 0.25) is 5.91 Å². The number of ether oxygens (including phenoxy) is 1. The molecular formula is C19H26FN3O2. The first-order chi connectivity index (χ1) is 12.0. The fourth-order valence-electron chi connectivity index (χ4n) is 3.16. The van der Waals surface area contributed by atoms with Gasteiger partial charge in [-0.15, -0.1) is 0 Å². The number of halogens is 1. The predicted octanol–water partition coefficient (Wildman–Crippen LogP) is 2.82. The molecule has 136 valence electrons. The molecule has 0 atom stereocenters. The van der Waals surface area contributed by atoms with Gasteiger partial charge in [-0.1, -0.05) is 19.3 Å². The van der Waals surface area contributed by atoms with E-state index in [1.807, 2.05) is 11.9 Å². The van der Waals surface area contributed by atoms with Gasteiger partial charge in [0.25, 0.3) is 0 Å². The van der Waals surface area contributed by atoms with Crippen molar-refractivity contribution < 1.29 is 13.9 Å². The van der Waals surface area contributed by atoms with E-state index in [1.54, 1.807) is 24.1 Å². The highest BCUT2D eigenvalue weighted by Gasteiger charge is 2.38. The van der Waals surface area contributed by atoms with E-state index in [1.165, 1.54) is 12.1 Å². The van der Waals surface area contributed by atoms with Crippen LogP contribution in [-0.4, -0.2) is 55.0 Å². The summed E-state index contributed by atoms with van der Waals surface area (Å²) >= 11 is 0. The number of hydrogen-bond donors (Lipinski definition) is 0. The minimum Gasteiger partial charge on any atom is -0.492 e. The first-order valence-corrected chi connectivity index (χ1v) is 8.72. The van der Waals surface area contributed by atoms with Crippen LogP contribution in [0, 0.1) is 17.1 Å². The number of likely N-dealkylation sites (N-methyl/N-ethyl adjacent to an activating group) is 2. The summed E-state index contributed by atoms with van der Waals surface area (Å²) in [6.45, 7) is 1.21. The fraction of sp³-hybridized carbons (Fsp3) is 0.579. The maximum Gasteiger partial charge on any atom is 0.237 e. The van der Waals surface area contributed by atoms with Crippen LogP contribution >= 0.6 is 0 Å². The maximum absolute atomic E-state index is 12.8. The van der Waals surface area contributed by atoms with Crippen LogP contribution in [0.25, 0.3) is 0 Å². The second-order valence-corrected chi connectivity index (χ2v) is 6.70. The molecule has 2 rings (SSSR count). The standard InChI is InChI=1S/C19H26FN3O2/c1-22(12-13-25-17-8-6-16(20)7-9-17)14-18(24)23(2)19(15-21)10-4-3-5-11-19/h6-9H,3-5,10-14H2,1-2H3. The SMILES string of the molecule is CN(CCOc1ccc(F)cc1)CC(=O)N(C)C1(C#N)CCCCC1. The van der Waals surface area contributed by atoms with Crippen LogP contribution in [0.5, 0.6) is 5.75 Å². The normalized spacial score (nSPS) is 16.3. The molecule has 0 unspecified atom stereocenters. The zero-order valence-corrected chi connectivity index (χ0v) is 15.0. The van der Waals surface area contributed by atoms with Gasteiger partial charge < -0.3 is 9.64 Å². The Morgan fingerprint density at radius 2 is 1.88 bits per heavy atom. The van der Waals surface area contributed by atoms with Crippen LogP contribution < -0.4 is 4.74 Å². The second-order valence-electron chi connectivity index (χ2n) is 6.70. The smallest absolute Gasteiger partial charge is 0.237 e. The Balaban J connectivity index is 1.78. The Morgan fingerprint density at radius 1 is 1.24 bits per heavy atom. The number of benzene rings is 1. The van der Waals surface area contributed by atoms with E-state index in [-0.39, 0.29) is 18.3 Å². The average molecular weight is 347 g/mol. The van der Waals surface area contributed by atoms with Crippen LogP contribution in [0.2, 0.25) is 0 Å². The minimum absolute atomic E-state index is 0.0484. The van der Waals surface area contributed by atoms with Gasteiger partial charge in [0, 0.05) is 13.6 Å². The molecule has 1 saturated carbocycles. The summed E-state index contributed by atoms with van der Waals surface area (Å²) in [5.74, 6) is 0.254. The van der Waals surface area contributed by atoms with Gasteiger partial charge in [-0.3, -0.25) is 9.69 Å². The first kappa shape index (κ1) is 19.2. The molecule has 1 aliphatic rings. The average Bonchev–Trinajstić information content (AvgIpc) is 2.63. The van der Waals surface area contributed by atoms with Gasteiger partial charge in [0.1, 0.15) is 23.7 Å². The van der Waals surface area contributed by atoms with E-state index in [0.717, 1.165) is 32.1 Å². The van der Waals surface area contributed by atoms with Gasteiger partial charge in [-0.05, 0) is 44.2 Å². The first-order valence-electron chi connectivity index (χ1n) is 8.72. The third-order valence-electron chi connectivity index (χ3n) is 4.87. The highest BCUT2D eigenvalue weighted by molar-refractivity contribution is 5.79. The van der Waals surface area contributed by atoms with Crippen LogP contribution in [0.15, 0.2) is 24.3 Å². The topological polar surface area (TPSA) is 56.6 Å². The third-order valence-corrected chi connectivity index (χ3v) is 4.87. The number of hydrogen-bond acceptors (Lipinski definition) is 4. The molecule has 1 fully saturated rings. The van der Waals surface area contributed by atoms with E-state index < -0.39 is 5.54 Å². The molecule has 0 spiro atoms. The van der Waals surface area contributed by atoms with Crippen LogP contribution in [-0.2, 0) is 4.79 Å². The lowest BCUT2D eigenvalue weighted by molar-refractivity contribution is -0.135. The molecule has 5 nitrogen and oxygen atoms in total. The monoisotopic (exact) mass is 347 g/mol. The lowest BCUT2D eigenvalue weighted by Gasteiger charge is -2.39. The van der Waals surface area contributed by atoms with Crippen LogP contribution in [0.4, 0.5) is 4.39 Å². The minimum atomic E-state index is -0.652. The highest BCUT2D eigenvalue weighted by atomic mass is 19.1. The fourth-order valence-corrected chi connectivity index (χ4v) is 3.16. The predicted molar refractivity (Wildman–Crippen MR) is 93.6 cm³/mol. The number of amides is 1. The largest absolute Gasteiger partial charge is 0.492 e. The van der Waals surface area contributed by atoms with Gasteiger partial charge in [-0.2, -0.15) is 5.26 Å². The van der Waals surface area contributed by atoms with Crippen molar-refractivity contribution >= 4 is 5.91 Å². The Labute approximate surface area is 149 Å². The molecule has 0 aliphatic heterocycles. The van der Waals surface area contributed by atoms with Gasteiger partial charge in [-0.25, -0.2) is 4.39 Å². The molecule has 25 heavy (non-hydrogen) atoms. The lowest BCUT2D eigenvalue weighted by Crippen LogP contribution is -2.52. The van der Waals surface area contributed by atoms with Gasteiger partial charge in [0.05, 0.1) is 12.6 Å². The van der Waals surface area contributed by atoms with Crippen molar-refractivity contribution in [2.45, 2.75) is 37.6 Å². The molecule has 0 saturated heterocycles. The van der Waals surface area contributed by atoms with E-state index in [9.17, 15) is 14.4 Å². The Hall–Kier alpha value is -2.13. The van der Waals surface area contributed by atoms with Crippen molar-refractivity contribution in [3.05, 3.63) is 30.1 Å². The molecule has 0 aromatic heterocycles. The summed E-state index contributed by atoms with van der Waals surface area (Å²) in [6.07, 6.45) is 4.62. The molecule has 0 radical (unpaired) electrons. The zero-order valence-electron chi connectivity index (χ0n) is 15.0. The molecule has 1 aromatic rings.